The molecule has 1 aliphatic rings. The smallest absolute Gasteiger partial charge is 0.224 e. The number of hydrogen-bond acceptors (Lipinski definition) is 8. The molecule has 0 spiro atoms. The lowest BCUT2D eigenvalue weighted by molar-refractivity contribution is 0.353. The Morgan fingerprint density at radius 2 is 1.54 bits per heavy atom. The molecule has 0 aliphatic carbocycles. The van der Waals surface area contributed by atoms with Crippen molar-refractivity contribution in [3.63, 3.8) is 0 Å². The zero-order valence-corrected chi connectivity index (χ0v) is 24.6. The van der Waals surface area contributed by atoms with E-state index in [1.54, 1.807) is 28.4 Å². The number of halogens is 1. The topological polar surface area (TPSA) is 78.0 Å². The van der Waals surface area contributed by atoms with Gasteiger partial charge in [0.2, 0.25) is 5.95 Å². The van der Waals surface area contributed by atoms with Gasteiger partial charge < -0.3 is 29.2 Å². The Morgan fingerprint density at radius 3 is 2.24 bits per heavy atom. The standard InChI is InChI=1S/C32H35ClN4O4/c1-38-27-11-10-21(15-28(27)39-2)14-24-18-34-32(35-19-26(33)22-8-6-5-7-9-22)36-31(24)37-13-12-23-16-29(40-3)30(41-4)17-25(23)20-37/h5-11,15-18,26H,12-14,19-20H2,1-4H3,(H,34,35,36). The zero-order valence-electron chi connectivity index (χ0n) is 23.8. The second-order valence-corrected chi connectivity index (χ2v) is 10.3. The van der Waals surface area contributed by atoms with Gasteiger partial charge in [-0.15, -0.1) is 11.6 Å². The number of anilines is 2. The third-order valence-electron chi connectivity index (χ3n) is 7.30. The van der Waals surface area contributed by atoms with Gasteiger partial charge in [0.1, 0.15) is 5.82 Å². The van der Waals surface area contributed by atoms with Crippen LogP contribution in [0.3, 0.4) is 0 Å². The minimum Gasteiger partial charge on any atom is -0.493 e. The van der Waals surface area contributed by atoms with Gasteiger partial charge in [0.25, 0.3) is 0 Å². The van der Waals surface area contributed by atoms with Crippen LogP contribution in [0, 0.1) is 0 Å². The molecule has 9 heteroatoms. The van der Waals surface area contributed by atoms with Crippen molar-refractivity contribution in [2.75, 3.05) is 51.7 Å². The van der Waals surface area contributed by atoms with Crippen molar-refractivity contribution in [2.24, 2.45) is 0 Å². The molecule has 1 aromatic heterocycles. The van der Waals surface area contributed by atoms with Crippen molar-refractivity contribution in [1.82, 2.24) is 9.97 Å². The highest BCUT2D eigenvalue weighted by atomic mass is 35.5. The van der Waals surface area contributed by atoms with E-state index in [1.807, 2.05) is 54.7 Å². The largest absolute Gasteiger partial charge is 0.493 e. The first kappa shape index (κ1) is 28.4. The van der Waals surface area contributed by atoms with E-state index in [9.17, 15) is 0 Å². The van der Waals surface area contributed by atoms with E-state index in [2.05, 4.69) is 27.3 Å². The Kier molecular flexibility index (Phi) is 8.99. The number of nitrogens with one attached hydrogen (secondary N) is 1. The molecule has 0 radical (unpaired) electrons. The molecule has 5 rings (SSSR count). The van der Waals surface area contributed by atoms with Crippen molar-refractivity contribution in [3.05, 3.63) is 94.7 Å². The normalized spacial score (nSPS) is 13.2. The van der Waals surface area contributed by atoms with Crippen molar-refractivity contribution >= 4 is 23.4 Å². The van der Waals surface area contributed by atoms with Crippen LogP contribution in [0.15, 0.2) is 66.9 Å². The summed E-state index contributed by atoms with van der Waals surface area (Å²) >= 11 is 6.67. The van der Waals surface area contributed by atoms with Gasteiger partial charge >= 0.3 is 0 Å². The molecule has 2 heterocycles. The third-order valence-corrected chi connectivity index (χ3v) is 7.71. The third kappa shape index (κ3) is 6.43. The Hall–Kier alpha value is -4.17. The van der Waals surface area contributed by atoms with E-state index < -0.39 is 0 Å². The highest BCUT2D eigenvalue weighted by Crippen LogP contribution is 2.36. The van der Waals surface area contributed by atoms with E-state index in [-0.39, 0.29) is 5.38 Å². The minimum atomic E-state index is -0.209. The Balaban J connectivity index is 1.45. The number of rotatable bonds is 11. The van der Waals surface area contributed by atoms with Gasteiger partial charge in [0, 0.05) is 37.8 Å². The van der Waals surface area contributed by atoms with Gasteiger partial charge in [-0.05, 0) is 52.9 Å². The van der Waals surface area contributed by atoms with Crippen LogP contribution in [0.1, 0.15) is 33.2 Å². The van der Waals surface area contributed by atoms with Crippen LogP contribution < -0.4 is 29.2 Å². The Bertz CT molecular complexity index is 1480. The summed E-state index contributed by atoms with van der Waals surface area (Å²) in [6.07, 6.45) is 3.39. The number of alkyl halides is 1. The van der Waals surface area contributed by atoms with Crippen LogP contribution in [0.25, 0.3) is 0 Å². The van der Waals surface area contributed by atoms with Gasteiger partial charge in [-0.3, -0.25) is 0 Å². The minimum absolute atomic E-state index is 0.209. The summed E-state index contributed by atoms with van der Waals surface area (Å²) in [5.41, 5.74) is 5.56. The van der Waals surface area contributed by atoms with E-state index in [1.165, 1.54) is 11.1 Å². The summed E-state index contributed by atoms with van der Waals surface area (Å²) in [5, 5.41) is 3.14. The predicted octanol–water partition coefficient (Wildman–Crippen LogP) is 6.06. The van der Waals surface area contributed by atoms with E-state index in [0.29, 0.717) is 37.0 Å². The first-order valence-electron chi connectivity index (χ1n) is 13.5. The highest BCUT2D eigenvalue weighted by Gasteiger charge is 2.24. The molecule has 1 unspecified atom stereocenters. The molecule has 41 heavy (non-hydrogen) atoms. The van der Waals surface area contributed by atoms with Crippen LogP contribution in [-0.2, 0) is 19.4 Å². The molecule has 3 aromatic carbocycles. The van der Waals surface area contributed by atoms with Crippen molar-refractivity contribution < 1.29 is 18.9 Å². The van der Waals surface area contributed by atoms with E-state index in [4.69, 9.17) is 35.5 Å². The maximum Gasteiger partial charge on any atom is 0.224 e. The van der Waals surface area contributed by atoms with Crippen LogP contribution >= 0.6 is 11.6 Å². The average molecular weight is 575 g/mol. The molecule has 214 valence electrons. The van der Waals surface area contributed by atoms with Gasteiger partial charge in [-0.2, -0.15) is 4.98 Å². The molecule has 0 fully saturated rings. The van der Waals surface area contributed by atoms with Crippen LogP contribution in [-0.4, -0.2) is 51.5 Å². The van der Waals surface area contributed by atoms with Crippen molar-refractivity contribution in [3.8, 4) is 23.0 Å². The number of nitrogens with zero attached hydrogens (tertiary/aromatic N) is 3. The van der Waals surface area contributed by atoms with Gasteiger partial charge in [0.05, 0.1) is 33.8 Å². The number of hydrogen-bond donors (Lipinski definition) is 1. The molecule has 4 aromatic rings. The summed E-state index contributed by atoms with van der Waals surface area (Å²) in [5.74, 6) is 4.26. The van der Waals surface area contributed by atoms with E-state index in [0.717, 1.165) is 47.0 Å². The first-order valence-corrected chi connectivity index (χ1v) is 13.9. The van der Waals surface area contributed by atoms with Gasteiger partial charge in [-0.1, -0.05) is 36.4 Å². The fraction of sp³-hybridized carbons (Fsp3) is 0.312. The maximum absolute atomic E-state index is 6.67. The molecule has 0 saturated carbocycles. The number of methoxy groups -OCH3 is 4. The first-order chi connectivity index (χ1) is 20.0. The fourth-order valence-electron chi connectivity index (χ4n) is 5.12. The Labute approximate surface area is 246 Å². The van der Waals surface area contributed by atoms with Gasteiger partial charge in [-0.25, -0.2) is 4.98 Å². The van der Waals surface area contributed by atoms with Crippen LogP contribution in [0.5, 0.6) is 23.0 Å². The lowest BCUT2D eigenvalue weighted by Gasteiger charge is -2.32. The summed E-state index contributed by atoms with van der Waals surface area (Å²) in [6, 6.07) is 20.1. The summed E-state index contributed by atoms with van der Waals surface area (Å²) < 4.78 is 22.1. The molecule has 1 atom stereocenters. The van der Waals surface area contributed by atoms with Crippen LogP contribution in [0.4, 0.5) is 11.8 Å². The fourth-order valence-corrected chi connectivity index (χ4v) is 5.34. The lowest BCUT2D eigenvalue weighted by Crippen LogP contribution is -2.32. The predicted molar refractivity (Wildman–Crippen MR) is 162 cm³/mol. The second kappa shape index (κ2) is 13.0. The SMILES string of the molecule is COc1ccc(Cc2cnc(NCC(Cl)c3ccccc3)nc2N2CCc3cc(OC)c(OC)cc3C2)cc1OC. The molecule has 0 bridgehead atoms. The van der Waals surface area contributed by atoms with Crippen molar-refractivity contribution in [1.29, 1.82) is 0 Å². The number of ether oxygens (including phenoxy) is 4. The molecule has 8 nitrogen and oxygen atoms in total. The van der Waals surface area contributed by atoms with Crippen LogP contribution in [0.2, 0.25) is 0 Å². The zero-order chi connectivity index (χ0) is 28.8. The number of fused-ring (bicyclic) bond motifs is 1. The summed E-state index contributed by atoms with van der Waals surface area (Å²) in [6.45, 7) is 1.99. The number of benzene rings is 3. The monoisotopic (exact) mass is 574 g/mol. The molecule has 0 amide bonds. The highest BCUT2D eigenvalue weighted by molar-refractivity contribution is 6.21. The Morgan fingerprint density at radius 1 is 0.854 bits per heavy atom. The summed E-state index contributed by atoms with van der Waals surface area (Å²) in [7, 11) is 6.61. The van der Waals surface area contributed by atoms with Gasteiger partial charge in [0.15, 0.2) is 23.0 Å². The molecule has 0 saturated heterocycles. The summed E-state index contributed by atoms with van der Waals surface area (Å²) in [4.78, 5) is 12.0. The number of aromatic nitrogens is 2. The second-order valence-electron chi connectivity index (χ2n) is 9.82. The van der Waals surface area contributed by atoms with E-state index >= 15 is 0 Å². The quantitative estimate of drug-likeness (QED) is 0.217. The lowest BCUT2D eigenvalue weighted by atomic mass is 9.98. The molecule has 1 N–H and O–H groups in total. The molecular formula is C32H35ClN4O4. The molecule has 1 aliphatic heterocycles. The molecular weight excluding hydrogens is 540 g/mol. The maximum atomic E-state index is 6.67. The van der Waals surface area contributed by atoms with Crippen molar-refractivity contribution in [2.45, 2.75) is 24.8 Å². The average Bonchev–Trinajstić information content (AvgIpc) is 3.03.